The summed E-state index contributed by atoms with van der Waals surface area (Å²) in [5.41, 5.74) is 2.87. The van der Waals surface area contributed by atoms with Gasteiger partial charge in [0.15, 0.2) is 0 Å². The number of hydrogen-bond donors (Lipinski definition) is 0. The Labute approximate surface area is 111 Å². The first kappa shape index (κ1) is 13.3. The molecule has 2 rings (SSSR count). The molecule has 2 nitrogen and oxygen atoms in total. The molecule has 0 heterocycles. The second-order valence-corrected chi connectivity index (χ2v) is 4.57. The molecular formula is C16H15FO2. The summed E-state index contributed by atoms with van der Waals surface area (Å²) in [5.74, 6) is -0.772. The van der Waals surface area contributed by atoms with Gasteiger partial charge in [-0.05, 0) is 55.7 Å². The number of benzene rings is 2. The van der Waals surface area contributed by atoms with Crippen LogP contribution in [0.1, 0.15) is 27.0 Å². The van der Waals surface area contributed by atoms with Crippen molar-refractivity contribution < 1.29 is 13.9 Å². The van der Waals surface area contributed by atoms with Gasteiger partial charge in [-0.25, -0.2) is 9.18 Å². The van der Waals surface area contributed by atoms with Crippen LogP contribution in [0.2, 0.25) is 0 Å². The molecule has 0 aromatic heterocycles. The van der Waals surface area contributed by atoms with Crippen molar-refractivity contribution >= 4 is 5.97 Å². The lowest BCUT2D eigenvalue weighted by Crippen LogP contribution is -2.11. The van der Waals surface area contributed by atoms with E-state index in [1.807, 2.05) is 26.8 Å². The normalized spacial score (nSPS) is 10.3. The third-order valence-electron chi connectivity index (χ3n) is 3.06. The number of hydrogen-bond acceptors (Lipinski definition) is 2. The van der Waals surface area contributed by atoms with E-state index in [1.54, 1.807) is 12.1 Å². The minimum Gasteiger partial charge on any atom is -0.423 e. The van der Waals surface area contributed by atoms with Crippen LogP contribution in [-0.2, 0) is 0 Å². The van der Waals surface area contributed by atoms with Crippen LogP contribution >= 0.6 is 0 Å². The van der Waals surface area contributed by atoms with Gasteiger partial charge in [0.25, 0.3) is 0 Å². The second kappa shape index (κ2) is 5.22. The van der Waals surface area contributed by atoms with Crippen LogP contribution < -0.4 is 4.74 Å². The first-order valence-corrected chi connectivity index (χ1v) is 6.03. The third kappa shape index (κ3) is 2.81. The summed E-state index contributed by atoms with van der Waals surface area (Å²) in [6, 6.07) is 9.58. The monoisotopic (exact) mass is 258 g/mol. The quantitative estimate of drug-likeness (QED) is 0.601. The Kier molecular flexibility index (Phi) is 3.65. The predicted molar refractivity (Wildman–Crippen MR) is 72.0 cm³/mol. The lowest BCUT2D eigenvalue weighted by Gasteiger charge is -2.11. The molecule has 0 spiro atoms. The highest BCUT2D eigenvalue weighted by Gasteiger charge is 2.15. The zero-order valence-electron chi connectivity index (χ0n) is 11.2. The van der Waals surface area contributed by atoms with E-state index < -0.39 is 11.8 Å². The van der Waals surface area contributed by atoms with Gasteiger partial charge in [0, 0.05) is 0 Å². The van der Waals surface area contributed by atoms with E-state index >= 15 is 0 Å². The highest BCUT2D eigenvalue weighted by Crippen LogP contribution is 2.24. The molecule has 0 N–H and O–H groups in total. The van der Waals surface area contributed by atoms with Crippen molar-refractivity contribution in [3.05, 3.63) is 64.5 Å². The highest BCUT2D eigenvalue weighted by molar-refractivity contribution is 5.91. The molecule has 0 bridgehead atoms. The smallest absolute Gasteiger partial charge is 0.346 e. The van der Waals surface area contributed by atoms with Gasteiger partial charge in [0.1, 0.15) is 11.6 Å². The predicted octanol–water partition coefficient (Wildman–Crippen LogP) is 3.97. The van der Waals surface area contributed by atoms with Crippen LogP contribution in [-0.4, -0.2) is 5.97 Å². The van der Waals surface area contributed by atoms with Crippen LogP contribution in [0.3, 0.4) is 0 Å². The SMILES string of the molecule is Cc1cc(C)c(C)c(OC(=O)c2ccccc2F)c1. The fourth-order valence-electron chi connectivity index (χ4n) is 1.89. The summed E-state index contributed by atoms with van der Waals surface area (Å²) >= 11 is 0. The Morgan fingerprint density at radius 3 is 2.47 bits per heavy atom. The standard InChI is InChI=1S/C16H15FO2/c1-10-8-11(2)12(3)15(9-10)19-16(18)13-6-4-5-7-14(13)17/h4-9H,1-3H3. The second-order valence-electron chi connectivity index (χ2n) is 4.57. The van der Waals surface area contributed by atoms with Gasteiger partial charge in [-0.15, -0.1) is 0 Å². The van der Waals surface area contributed by atoms with Crippen molar-refractivity contribution in [2.45, 2.75) is 20.8 Å². The third-order valence-corrected chi connectivity index (χ3v) is 3.06. The molecule has 3 heteroatoms. The maximum absolute atomic E-state index is 13.5. The van der Waals surface area contributed by atoms with Crippen LogP contribution in [0.5, 0.6) is 5.75 Å². The Hall–Kier alpha value is -2.16. The van der Waals surface area contributed by atoms with Crippen molar-refractivity contribution in [2.75, 3.05) is 0 Å². The van der Waals surface area contributed by atoms with E-state index in [9.17, 15) is 9.18 Å². The van der Waals surface area contributed by atoms with Crippen molar-refractivity contribution in [1.82, 2.24) is 0 Å². The fourth-order valence-corrected chi connectivity index (χ4v) is 1.89. The summed E-state index contributed by atoms with van der Waals surface area (Å²) in [7, 11) is 0. The minimum atomic E-state index is -0.675. The molecule has 98 valence electrons. The number of aryl methyl sites for hydroxylation is 2. The molecule has 0 atom stereocenters. The van der Waals surface area contributed by atoms with E-state index in [4.69, 9.17) is 4.74 Å². The molecule has 2 aromatic carbocycles. The molecule has 0 radical (unpaired) electrons. The minimum absolute atomic E-state index is 0.0546. The molecule has 0 aliphatic heterocycles. The molecule has 0 aliphatic rings. The lowest BCUT2D eigenvalue weighted by molar-refractivity contribution is 0.0728. The Morgan fingerprint density at radius 2 is 1.79 bits per heavy atom. The van der Waals surface area contributed by atoms with Gasteiger partial charge in [-0.1, -0.05) is 18.2 Å². The van der Waals surface area contributed by atoms with Gasteiger partial charge in [-0.2, -0.15) is 0 Å². The zero-order chi connectivity index (χ0) is 14.0. The van der Waals surface area contributed by atoms with Crippen molar-refractivity contribution in [3.8, 4) is 5.75 Å². The zero-order valence-corrected chi connectivity index (χ0v) is 11.2. The van der Waals surface area contributed by atoms with Crippen LogP contribution in [0.25, 0.3) is 0 Å². The number of carbonyl (C=O) groups is 1. The number of carbonyl (C=O) groups excluding carboxylic acids is 1. The van der Waals surface area contributed by atoms with E-state index in [-0.39, 0.29) is 5.56 Å². The molecular weight excluding hydrogens is 243 g/mol. The Bertz CT molecular complexity index is 633. The van der Waals surface area contributed by atoms with Crippen LogP contribution in [0.4, 0.5) is 4.39 Å². The Balaban J connectivity index is 2.32. The average molecular weight is 258 g/mol. The first-order chi connectivity index (χ1) is 8.99. The molecule has 0 aliphatic carbocycles. The Morgan fingerprint density at radius 1 is 1.11 bits per heavy atom. The first-order valence-electron chi connectivity index (χ1n) is 6.03. The van der Waals surface area contributed by atoms with Crippen LogP contribution in [0, 0.1) is 26.6 Å². The molecule has 0 fully saturated rings. The van der Waals surface area contributed by atoms with Crippen LogP contribution in [0.15, 0.2) is 36.4 Å². The van der Waals surface area contributed by atoms with Gasteiger partial charge >= 0.3 is 5.97 Å². The van der Waals surface area contributed by atoms with Gasteiger partial charge in [0.2, 0.25) is 0 Å². The molecule has 0 saturated heterocycles. The van der Waals surface area contributed by atoms with Gasteiger partial charge in [0.05, 0.1) is 5.56 Å². The number of ether oxygens (including phenoxy) is 1. The summed E-state index contributed by atoms with van der Waals surface area (Å²) in [5, 5.41) is 0. The van der Waals surface area contributed by atoms with Crippen molar-refractivity contribution in [3.63, 3.8) is 0 Å². The van der Waals surface area contributed by atoms with E-state index in [1.165, 1.54) is 18.2 Å². The largest absolute Gasteiger partial charge is 0.423 e. The van der Waals surface area contributed by atoms with E-state index in [0.717, 1.165) is 16.7 Å². The number of halogens is 1. The topological polar surface area (TPSA) is 26.3 Å². The molecule has 0 amide bonds. The fraction of sp³-hybridized carbons (Fsp3) is 0.188. The van der Waals surface area contributed by atoms with Gasteiger partial charge < -0.3 is 4.74 Å². The molecule has 19 heavy (non-hydrogen) atoms. The molecule has 0 saturated carbocycles. The van der Waals surface area contributed by atoms with E-state index in [0.29, 0.717) is 5.75 Å². The lowest BCUT2D eigenvalue weighted by atomic mass is 10.1. The summed E-state index contributed by atoms with van der Waals surface area (Å²) in [6.07, 6.45) is 0. The molecule has 0 unspecified atom stereocenters. The summed E-state index contributed by atoms with van der Waals surface area (Å²) < 4.78 is 18.8. The van der Waals surface area contributed by atoms with Crippen molar-refractivity contribution in [1.29, 1.82) is 0 Å². The maximum Gasteiger partial charge on any atom is 0.346 e. The maximum atomic E-state index is 13.5. The van der Waals surface area contributed by atoms with E-state index in [2.05, 4.69) is 0 Å². The molecule has 2 aromatic rings. The summed E-state index contributed by atoms with van der Waals surface area (Å²) in [6.45, 7) is 5.74. The summed E-state index contributed by atoms with van der Waals surface area (Å²) in [4.78, 5) is 11.9. The number of esters is 1. The van der Waals surface area contributed by atoms with Gasteiger partial charge in [-0.3, -0.25) is 0 Å². The highest BCUT2D eigenvalue weighted by atomic mass is 19.1. The van der Waals surface area contributed by atoms with Crippen molar-refractivity contribution in [2.24, 2.45) is 0 Å². The number of rotatable bonds is 2. The average Bonchev–Trinajstić information content (AvgIpc) is 2.35.